The second-order valence-electron chi connectivity index (χ2n) is 13.2. The third kappa shape index (κ3) is 4.53. The van der Waals surface area contributed by atoms with Crippen LogP contribution in [0.3, 0.4) is 0 Å². The molecule has 0 amide bonds. The lowest BCUT2D eigenvalue weighted by Crippen LogP contribution is -2.01. The fourth-order valence-corrected chi connectivity index (χ4v) is 7.62. The molecule has 0 aliphatic heterocycles. The average Bonchev–Trinajstić information content (AvgIpc) is 3.77. The fourth-order valence-electron chi connectivity index (χ4n) is 7.62. The van der Waals surface area contributed by atoms with Crippen molar-refractivity contribution in [2.45, 2.75) is 0 Å². The minimum atomic E-state index is 0.583. The van der Waals surface area contributed by atoms with Crippen LogP contribution in [0.25, 0.3) is 111 Å². The number of benzene rings is 8. The zero-order valence-corrected chi connectivity index (χ0v) is 27.7. The van der Waals surface area contributed by atoms with Gasteiger partial charge in [0.15, 0.2) is 17.5 Å². The molecule has 0 N–H and O–H groups in total. The van der Waals surface area contributed by atoms with Crippen LogP contribution in [0.4, 0.5) is 0 Å². The van der Waals surface area contributed by atoms with Crippen LogP contribution in [0.1, 0.15) is 0 Å². The van der Waals surface area contributed by atoms with Gasteiger partial charge in [-0.1, -0.05) is 115 Å². The van der Waals surface area contributed by atoms with Crippen LogP contribution in [-0.4, -0.2) is 15.0 Å². The highest BCUT2D eigenvalue weighted by atomic mass is 16.3. The molecule has 0 bridgehead atoms. The Labute approximate surface area is 297 Å². The van der Waals surface area contributed by atoms with Crippen molar-refractivity contribution in [3.05, 3.63) is 164 Å². The highest BCUT2D eigenvalue weighted by molar-refractivity contribution is 6.12. The number of hydrogen-bond donors (Lipinski definition) is 0. The Balaban J connectivity index is 1.17. The molecule has 0 spiro atoms. The summed E-state index contributed by atoms with van der Waals surface area (Å²) >= 11 is 0. The molecule has 0 aliphatic rings. The van der Waals surface area contributed by atoms with Crippen molar-refractivity contribution in [3.8, 4) is 45.3 Å². The molecule has 0 saturated carbocycles. The monoisotopic (exact) mass is 665 g/mol. The molecular formula is C47H27N3O2. The minimum Gasteiger partial charge on any atom is -0.456 e. The van der Waals surface area contributed by atoms with Gasteiger partial charge in [0.25, 0.3) is 0 Å². The Bertz CT molecular complexity index is 3190. The molecule has 11 aromatic rings. The van der Waals surface area contributed by atoms with Crippen LogP contribution < -0.4 is 0 Å². The quantitative estimate of drug-likeness (QED) is 0.187. The van der Waals surface area contributed by atoms with Crippen LogP contribution >= 0.6 is 0 Å². The number of hydrogen-bond acceptors (Lipinski definition) is 5. The molecule has 0 atom stereocenters. The van der Waals surface area contributed by atoms with Crippen molar-refractivity contribution in [1.29, 1.82) is 0 Å². The second-order valence-corrected chi connectivity index (χ2v) is 13.2. The van der Waals surface area contributed by atoms with Gasteiger partial charge in [0.1, 0.15) is 22.3 Å². The largest absolute Gasteiger partial charge is 0.456 e. The van der Waals surface area contributed by atoms with E-state index in [9.17, 15) is 0 Å². The molecule has 0 radical (unpaired) electrons. The lowest BCUT2D eigenvalue weighted by atomic mass is 9.95. The molecule has 0 unspecified atom stereocenters. The predicted molar refractivity (Wildman–Crippen MR) is 211 cm³/mol. The van der Waals surface area contributed by atoms with Gasteiger partial charge in [-0.2, -0.15) is 0 Å². The van der Waals surface area contributed by atoms with E-state index in [1.807, 2.05) is 54.6 Å². The Morgan fingerprint density at radius 3 is 1.83 bits per heavy atom. The smallest absolute Gasteiger partial charge is 0.164 e. The first-order valence-electron chi connectivity index (χ1n) is 17.3. The van der Waals surface area contributed by atoms with Crippen molar-refractivity contribution in [2.24, 2.45) is 0 Å². The molecule has 242 valence electrons. The van der Waals surface area contributed by atoms with E-state index >= 15 is 0 Å². The summed E-state index contributed by atoms with van der Waals surface area (Å²) in [5, 5.41) is 8.68. The Morgan fingerprint density at radius 1 is 0.308 bits per heavy atom. The molecule has 5 heteroatoms. The summed E-state index contributed by atoms with van der Waals surface area (Å²) < 4.78 is 12.5. The summed E-state index contributed by atoms with van der Waals surface area (Å²) in [6.07, 6.45) is 0. The molecule has 0 saturated heterocycles. The van der Waals surface area contributed by atoms with Gasteiger partial charge in [0, 0.05) is 38.2 Å². The van der Waals surface area contributed by atoms with Crippen molar-refractivity contribution < 1.29 is 8.83 Å². The first-order valence-corrected chi connectivity index (χ1v) is 17.3. The van der Waals surface area contributed by atoms with Crippen LogP contribution in [0.5, 0.6) is 0 Å². The van der Waals surface area contributed by atoms with Gasteiger partial charge in [-0.15, -0.1) is 0 Å². The summed E-state index contributed by atoms with van der Waals surface area (Å²) in [5.74, 6) is 1.77. The van der Waals surface area contributed by atoms with Crippen molar-refractivity contribution in [2.75, 3.05) is 0 Å². The van der Waals surface area contributed by atoms with E-state index < -0.39 is 0 Å². The minimum absolute atomic E-state index is 0.583. The summed E-state index contributed by atoms with van der Waals surface area (Å²) in [6.45, 7) is 0. The van der Waals surface area contributed by atoms with E-state index in [1.54, 1.807) is 0 Å². The molecule has 0 fully saturated rings. The summed E-state index contributed by atoms with van der Waals surface area (Å²) in [7, 11) is 0. The third-order valence-corrected chi connectivity index (χ3v) is 10.1. The maximum Gasteiger partial charge on any atom is 0.164 e. The number of rotatable bonds is 4. The topological polar surface area (TPSA) is 65.0 Å². The number of nitrogens with zero attached hydrogens (tertiary/aromatic N) is 3. The lowest BCUT2D eigenvalue weighted by molar-refractivity contribution is 0.669. The molecule has 3 heterocycles. The summed E-state index contributed by atoms with van der Waals surface area (Å²) in [5.41, 5.74) is 8.31. The molecule has 0 aliphatic carbocycles. The Morgan fingerprint density at radius 2 is 0.962 bits per heavy atom. The number of para-hydroxylation sites is 2. The van der Waals surface area contributed by atoms with E-state index in [0.29, 0.717) is 17.5 Å². The molecule has 5 nitrogen and oxygen atoms in total. The predicted octanol–water partition coefficient (Wildman–Crippen LogP) is 12.6. The Hall–Kier alpha value is -7.11. The van der Waals surface area contributed by atoms with Gasteiger partial charge in [-0.25, -0.2) is 15.0 Å². The van der Waals surface area contributed by atoms with Gasteiger partial charge < -0.3 is 8.83 Å². The van der Waals surface area contributed by atoms with Crippen LogP contribution in [0.2, 0.25) is 0 Å². The zero-order chi connectivity index (χ0) is 34.2. The molecular weight excluding hydrogens is 639 g/mol. The third-order valence-electron chi connectivity index (χ3n) is 10.1. The van der Waals surface area contributed by atoms with Crippen molar-refractivity contribution >= 4 is 65.4 Å². The first kappa shape index (κ1) is 28.7. The summed E-state index contributed by atoms with van der Waals surface area (Å²) in [4.78, 5) is 15.6. The van der Waals surface area contributed by atoms with Crippen molar-refractivity contribution in [3.63, 3.8) is 0 Å². The zero-order valence-electron chi connectivity index (χ0n) is 27.7. The standard InChI is InChI=1S/C47H27N3O2/c1-2-11-28(12-3-1)38-26-33(23-30-13-4-5-14-34(30)38)46-48-45(49-47(50-46)37-17-10-20-42-44(37)36-16-7-9-19-41(36)51-42)31-22-21-29-25-39-35-15-6-8-18-40(35)52-43(39)27-32(29)24-31/h1-27H. The van der Waals surface area contributed by atoms with Gasteiger partial charge in [0.2, 0.25) is 0 Å². The number of furan rings is 2. The highest BCUT2D eigenvalue weighted by Gasteiger charge is 2.19. The SMILES string of the molecule is c1ccc(-c2cc(-c3nc(-c4ccc5cc6c(cc5c4)oc4ccccc46)nc(-c4cccc5oc6ccccc6c45)n3)cc3ccccc23)cc1. The number of fused-ring (bicyclic) bond motifs is 8. The molecule has 11 rings (SSSR count). The van der Waals surface area contributed by atoms with Gasteiger partial charge in [0.05, 0.1) is 0 Å². The lowest BCUT2D eigenvalue weighted by Gasteiger charge is -2.13. The van der Waals surface area contributed by atoms with Gasteiger partial charge in [-0.05, 0) is 81.2 Å². The second kappa shape index (κ2) is 11.2. The van der Waals surface area contributed by atoms with Crippen LogP contribution in [-0.2, 0) is 0 Å². The fraction of sp³-hybridized carbons (Fsp3) is 0. The normalized spacial score (nSPS) is 11.8. The van der Waals surface area contributed by atoms with Gasteiger partial charge >= 0.3 is 0 Å². The average molecular weight is 666 g/mol. The number of aromatic nitrogens is 3. The van der Waals surface area contributed by atoms with E-state index in [1.165, 1.54) is 5.39 Å². The van der Waals surface area contributed by atoms with Gasteiger partial charge in [-0.3, -0.25) is 0 Å². The highest BCUT2D eigenvalue weighted by Crippen LogP contribution is 2.39. The van der Waals surface area contributed by atoms with E-state index in [2.05, 4.69) is 109 Å². The molecule has 8 aromatic carbocycles. The molecule has 3 aromatic heterocycles. The van der Waals surface area contributed by atoms with E-state index in [-0.39, 0.29) is 0 Å². The Kier molecular flexibility index (Phi) is 6.18. The van der Waals surface area contributed by atoms with Crippen molar-refractivity contribution in [1.82, 2.24) is 15.0 Å². The van der Waals surface area contributed by atoms with E-state index in [4.69, 9.17) is 23.8 Å². The summed E-state index contributed by atoms with van der Waals surface area (Å²) in [6, 6.07) is 56.4. The maximum atomic E-state index is 6.28. The van der Waals surface area contributed by atoms with Crippen LogP contribution in [0, 0.1) is 0 Å². The maximum absolute atomic E-state index is 6.28. The van der Waals surface area contributed by atoms with E-state index in [0.717, 1.165) is 87.9 Å². The molecule has 52 heavy (non-hydrogen) atoms. The van der Waals surface area contributed by atoms with Crippen LogP contribution in [0.15, 0.2) is 173 Å². The first-order chi connectivity index (χ1) is 25.7.